The number of aliphatic hydroxyl groups excluding tert-OH is 1. The first kappa shape index (κ1) is 19.9. The minimum atomic E-state index is -4.46. The van der Waals surface area contributed by atoms with Crippen molar-refractivity contribution in [2.45, 2.75) is 18.7 Å². The Hall–Kier alpha value is -1.83. The number of hydrogen-bond donors (Lipinski definition) is 1. The summed E-state index contributed by atoms with van der Waals surface area (Å²) >= 11 is 6.07. The third-order valence-electron chi connectivity index (χ3n) is 4.65. The second-order valence-electron chi connectivity index (χ2n) is 6.59. The van der Waals surface area contributed by atoms with E-state index in [0.29, 0.717) is 32.0 Å². The Morgan fingerprint density at radius 2 is 1.85 bits per heavy atom. The van der Waals surface area contributed by atoms with Gasteiger partial charge in [-0.1, -0.05) is 41.9 Å². The fourth-order valence-corrected chi connectivity index (χ4v) is 3.49. The highest BCUT2D eigenvalue weighted by molar-refractivity contribution is 6.33. The van der Waals surface area contributed by atoms with E-state index in [1.165, 1.54) is 0 Å². The van der Waals surface area contributed by atoms with Gasteiger partial charge in [-0.3, -0.25) is 4.90 Å². The van der Waals surface area contributed by atoms with Gasteiger partial charge in [-0.15, -0.1) is 0 Å². The summed E-state index contributed by atoms with van der Waals surface area (Å²) in [6.45, 7) is 3.20. The van der Waals surface area contributed by atoms with Crippen LogP contribution in [0.1, 0.15) is 23.7 Å². The monoisotopic (exact) mass is 399 g/mol. The average Bonchev–Trinajstić information content (AvgIpc) is 2.87. The van der Waals surface area contributed by atoms with E-state index < -0.39 is 17.8 Å². The van der Waals surface area contributed by atoms with Crippen molar-refractivity contribution in [2.75, 3.05) is 37.6 Å². The molecule has 1 aromatic heterocycles. The number of hydrogen-bond acceptors (Lipinski definition) is 4. The number of β-amino-alcohol motifs (C(OH)–C–C–N with tert-alkyl or cyclic N) is 1. The van der Waals surface area contributed by atoms with Crippen LogP contribution in [0.2, 0.25) is 5.02 Å². The minimum Gasteiger partial charge on any atom is -0.387 e. The molecule has 2 heterocycles. The third kappa shape index (κ3) is 5.12. The Kier molecular flexibility index (Phi) is 6.24. The molecule has 1 fully saturated rings. The Balaban J connectivity index is 1.63. The molecule has 0 aliphatic carbocycles. The molecule has 1 N–H and O–H groups in total. The van der Waals surface area contributed by atoms with Crippen molar-refractivity contribution in [3.05, 3.63) is 58.7 Å². The Morgan fingerprint density at radius 3 is 2.52 bits per heavy atom. The second kappa shape index (κ2) is 8.46. The summed E-state index contributed by atoms with van der Waals surface area (Å²) in [6, 6.07) is 10.4. The lowest BCUT2D eigenvalue weighted by atomic mass is 10.1. The van der Waals surface area contributed by atoms with Gasteiger partial charge in [0.25, 0.3) is 0 Å². The molecule has 0 radical (unpaired) electrons. The van der Waals surface area contributed by atoms with Gasteiger partial charge in [-0.2, -0.15) is 13.2 Å². The molecule has 1 aliphatic rings. The van der Waals surface area contributed by atoms with Crippen molar-refractivity contribution >= 4 is 17.4 Å². The maximum Gasteiger partial charge on any atom is 0.417 e. The number of aliphatic hydroxyl groups is 1. The number of rotatable bonds is 4. The van der Waals surface area contributed by atoms with Gasteiger partial charge in [-0.05, 0) is 18.1 Å². The van der Waals surface area contributed by atoms with Gasteiger partial charge in [0.2, 0.25) is 0 Å². The number of pyridine rings is 1. The van der Waals surface area contributed by atoms with E-state index in [9.17, 15) is 18.3 Å². The molecule has 146 valence electrons. The van der Waals surface area contributed by atoms with Crippen molar-refractivity contribution in [2.24, 2.45) is 0 Å². The van der Waals surface area contributed by atoms with Gasteiger partial charge in [0.15, 0.2) is 0 Å². The molecule has 0 amide bonds. The van der Waals surface area contributed by atoms with Crippen LogP contribution in [0.4, 0.5) is 19.0 Å². The fourth-order valence-electron chi connectivity index (χ4n) is 3.21. The highest BCUT2D eigenvalue weighted by Crippen LogP contribution is 2.33. The van der Waals surface area contributed by atoms with Crippen molar-refractivity contribution in [1.82, 2.24) is 9.88 Å². The largest absolute Gasteiger partial charge is 0.417 e. The topological polar surface area (TPSA) is 39.6 Å². The molecule has 2 aromatic rings. The fraction of sp³-hybridized carbons (Fsp3) is 0.421. The van der Waals surface area contributed by atoms with Crippen LogP contribution in [0.5, 0.6) is 0 Å². The highest BCUT2D eigenvalue weighted by atomic mass is 35.5. The van der Waals surface area contributed by atoms with Crippen molar-refractivity contribution in [3.8, 4) is 0 Å². The van der Waals surface area contributed by atoms with Crippen molar-refractivity contribution in [1.29, 1.82) is 0 Å². The van der Waals surface area contributed by atoms with Gasteiger partial charge in [0.1, 0.15) is 5.82 Å². The van der Waals surface area contributed by atoms with Crippen molar-refractivity contribution < 1.29 is 18.3 Å². The van der Waals surface area contributed by atoms with Crippen molar-refractivity contribution in [3.63, 3.8) is 0 Å². The molecule has 1 saturated heterocycles. The molecule has 27 heavy (non-hydrogen) atoms. The van der Waals surface area contributed by atoms with E-state index in [-0.39, 0.29) is 5.02 Å². The maximum atomic E-state index is 12.8. The van der Waals surface area contributed by atoms with Crippen LogP contribution >= 0.6 is 11.6 Å². The SMILES string of the molecule is O[C@H](CN1CCCN(c2ncc(C(F)(F)F)cc2Cl)CC1)c1ccccc1. The maximum absolute atomic E-state index is 12.8. The molecular weight excluding hydrogens is 379 g/mol. The number of halogens is 4. The summed E-state index contributed by atoms with van der Waals surface area (Å²) in [5, 5.41) is 10.4. The summed E-state index contributed by atoms with van der Waals surface area (Å²) in [6.07, 6.45) is -3.41. The van der Waals surface area contributed by atoms with Gasteiger partial charge >= 0.3 is 6.18 Å². The molecule has 8 heteroatoms. The normalized spacial score (nSPS) is 17.6. The number of anilines is 1. The van der Waals surface area contributed by atoms with Gasteiger partial charge in [0, 0.05) is 38.9 Å². The minimum absolute atomic E-state index is 0.00240. The summed E-state index contributed by atoms with van der Waals surface area (Å²) in [5.74, 6) is 0.370. The Morgan fingerprint density at radius 1 is 1.11 bits per heavy atom. The Bertz CT molecular complexity index is 758. The molecule has 0 spiro atoms. The van der Waals surface area contributed by atoms with Crippen LogP contribution in [0.3, 0.4) is 0 Å². The Labute approximate surface area is 161 Å². The van der Waals surface area contributed by atoms with E-state index in [2.05, 4.69) is 9.88 Å². The van der Waals surface area contributed by atoms with E-state index >= 15 is 0 Å². The molecule has 1 atom stereocenters. The lowest BCUT2D eigenvalue weighted by molar-refractivity contribution is -0.137. The second-order valence-corrected chi connectivity index (χ2v) is 7.00. The lowest BCUT2D eigenvalue weighted by Gasteiger charge is -2.25. The molecule has 1 aliphatic heterocycles. The first-order valence-corrected chi connectivity index (χ1v) is 9.15. The van der Waals surface area contributed by atoms with Gasteiger partial charge in [0.05, 0.1) is 16.7 Å². The van der Waals surface area contributed by atoms with E-state index in [4.69, 9.17) is 11.6 Å². The standard InChI is InChI=1S/C19H21ClF3N3O/c20-16-11-15(19(21,22)23)12-24-18(16)26-8-4-7-25(9-10-26)13-17(27)14-5-2-1-3-6-14/h1-3,5-6,11-12,17,27H,4,7-10,13H2/t17-/m1/s1. The van der Waals surface area contributed by atoms with Crippen LogP contribution in [0, 0.1) is 0 Å². The molecule has 3 rings (SSSR count). The molecule has 0 bridgehead atoms. The number of nitrogens with zero attached hydrogens (tertiary/aromatic N) is 3. The molecule has 0 unspecified atom stereocenters. The summed E-state index contributed by atoms with van der Waals surface area (Å²) in [7, 11) is 0. The summed E-state index contributed by atoms with van der Waals surface area (Å²) < 4.78 is 38.3. The van der Waals surface area contributed by atoms with Crippen LogP contribution in [-0.2, 0) is 6.18 Å². The first-order chi connectivity index (χ1) is 12.8. The number of alkyl halides is 3. The zero-order chi connectivity index (χ0) is 19.4. The van der Waals surface area contributed by atoms with E-state index in [1.54, 1.807) is 0 Å². The lowest BCUT2D eigenvalue weighted by Crippen LogP contribution is -2.33. The van der Waals surface area contributed by atoms with Crippen LogP contribution in [0.15, 0.2) is 42.6 Å². The summed E-state index contributed by atoms with van der Waals surface area (Å²) in [5.41, 5.74) is 0.0183. The number of aromatic nitrogens is 1. The average molecular weight is 400 g/mol. The zero-order valence-corrected chi connectivity index (χ0v) is 15.4. The van der Waals surface area contributed by atoms with Gasteiger partial charge in [-0.25, -0.2) is 4.98 Å². The zero-order valence-electron chi connectivity index (χ0n) is 14.7. The third-order valence-corrected chi connectivity index (χ3v) is 4.93. The quantitative estimate of drug-likeness (QED) is 0.843. The van der Waals surface area contributed by atoms with Crippen LogP contribution in [-0.4, -0.2) is 47.7 Å². The molecular formula is C19H21ClF3N3O. The van der Waals surface area contributed by atoms with Crippen LogP contribution < -0.4 is 4.90 Å². The molecule has 4 nitrogen and oxygen atoms in total. The molecule has 1 aromatic carbocycles. The first-order valence-electron chi connectivity index (χ1n) is 8.77. The number of benzene rings is 1. The van der Waals surface area contributed by atoms with Crippen LogP contribution in [0.25, 0.3) is 0 Å². The molecule has 0 saturated carbocycles. The highest BCUT2D eigenvalue weighted by Gasteiger charge is 2.32. The van der Waals surface area contributed by atoms with E-state index in [0.717, 1.165) is 30.8 Å². The van der Waals surface area contributed by atoms with Gasteiger partial charge < -0.3 is 10.0 Å². The predicted octanol–water partition coefficient (Wildman–Crippen LogP) is 4.00. The smallest absolute Gasteiger partial charge is 0.387 e. The van der Waals surface area contributed by atoms with E-state index in [1.807, 2.05) is 35.2 Å². The summed E-state index contributed by atoms with van der Waals surface area (Å²) in [4.78, 5) is 8.00. The predicted molar refractivity (Wildman–Crippen MR) is 98.9 cm³/mol.